The Morgan fingerprint density at radius 1 is 1.37 bits per heavy atom. The van der Waals surface area contributed by atoms with Crippen LogP contribution < -0.4 is 5.32 Å². The Hall–Kier alpha value is -1.37. The lowest BCUT2D eigenvalue weighted by atomic mass is 10.1. The molecule has 100 valence electrons. The van der Waals surface area contributed by atoms with E-state index in [1.807, 2.05) is 49.8 Å². The number of nitrogens with zero attached hydrogens (tertiary/aromatic N) is 2. The fraction of sp³-hybridized carbons (Fsp3) is 0.286. The van der Waals surface area contributed by atoms with Gasteiger partial charge in [0.15, 0.2) is 0 Å². The highest BCUT2D eigenvalue weighted by Crippen LogP contribution is 2.14. The molecule has 1 aromatic heterocycles. The standard InChI is InChI=1S/C14H16IN3O/c1-9-12(10(2)18(3)17-9)8-16-14(19)11-6-4-5-7-13(11)15/h4-7H,8H2,1-3H3,(H,16,19). The lowest BCUT2D eigenvalue weighted by Crippen LogP contribution is -2.24. The molecule has 1 amide bonds. The smallest absolute Gasteiger partial charge is 0.252 e. The highest BCUT2D eigenvalue weighted by atomic mass is 127. The third-order valence-electron chi connectivity index (χ3n) is 3.20. The Morgan fingerprint density at radius 3 is 2.63 bits per heavy atom. The van der Waals surface area contributed by atoms with Gasteiger partial charge in [-0.3, -0.25) is 9.48 Å². The van der Waals surface area contributed by atoms with E-state index in [0.717, 1.165) is 20.5 Å². The van der Waals surface area contributed by atoms with Gasteiger partial charge in [0.05, 0.1) is 11.3 Å². The van der Waals surface area contributed by atoms with E-state index < -0.39 is 0 Å². The van der Waals surface area contributed by atoms with Gasteiger partial charge < -0.3 is 5.32 Å². The summed E-state index contributed by atoms with van der Waals surface area (Å²) in [5.74, 6) is -0.0485. The zero-order valence-electron chi connectivity index (χ0n) is 11.2. The first-order valence-electron chi connectivity index (χ1n) is 6.02. The summed E-state index contributed by atoms with van der Waals surface area (Å²) < 4.78 is 2.79. The molecule has 0 bridgehead atoms. The van der Waals surface area contributed by atoms with Crippen LogP contribution in [0.5, 0.6) is 0 Å². The van der Waals surface area contributed by atoms with Crippen molar-refractivity contribution in [2.45, 2.75) is 20.4 Å². The van der Waals surface area contributed by atoms with Gasteiger partial charge >= 0.3 is 0 Å². The van der Waals surface area contributed by atoms with Crippen molar-refractivity contribution in [3.63, 3.8) is 0 Å². The molecule has 0 aliphatic rings. The maximum absolute atomic E-state index is 12.1. The Bertz CT molecular complexity index is 619. The molecule has 2 aromatic rings. The summed E-state index contributed by atoms with van der Waals surface area (Å²) in [7, 11) is 1.91. The molecule has 0 spiro atoms. The van der Waals surface area contributed by atoms with Crippen LogP contribution >= 0.6 is 22.6 Å². The minimum Gasteiger partial charge on any atom is -0.348 e. The normalized spacial score (nSPS) is 10.5. The van der Waals surface area contributed by atoms with Crippen LogP contribution in [0.15, 0.2) is 24.3 Å². The molecule has 2 rings (SSSR count). The number of amides is 1. The van der Waals surface area contributed by atoms with Crippen molar-refractivity contribution >= 4 is 28.5 Å². The lowest BCUT2D eigenvalue weighted by molar-refractivity contribution is 0.0950. The van der Waals surface area contributed by atoms with Crippen molar-refractivity contribution in [1.82, 2.24) is 15.1 Å². The number of hydrogen-bond donors (Lipinski definition) is 1. The van der Waals surface area contributed by atoms with Crippen LogP contribution in [0.25, 0.3) is 0 Å². The van der Waals surface area contributed by atoms with Gasteiger partial charge in [-0.2, -0.15) is 5.10 Å². The second kappa shape index (κ2) is 5.73. The highest BCUT2D eigenvalue weighted by molar-refractivity contribution is 14.1. The lowest BCUT2D eigenvalue weighted by Gasteiger charge is -2.07. The molecule has 1 heterocycles. The molecule has 1 N–H and O–H groups in total. The molecule has 0 fully saturated rings. The molecular weight excluding hydrogens is 353 g/mol. The number of aryl methyl sites for hydroxylation is 2. The van der Waals surface area contributed by atoms with Crippen molar-refractivity contribution in [3.05, 3.63) is 50.4 Å². The highest BCUT2D eigenvalue weighted by Gasteiger charge is 2.12. The molecular formula is C14H16IN3O. The first-order chi connectivity index (χ1) is 9.00. The monoisotopic (exact) mass is 369 g/mol. The van der Waals surface area contributed by atoms with E-state index in [4.69, 9.17) is 0 Å². The van der Waals surface area contributed by atoms with Crippen LogP contribution in [0.2, 0.25) is 0 Å². The van der Waals surface area contributed by atoms with Crippen LogP contribution in [0.4, 0.5) is 0 Å². The number of rotatable bonds is 3. The van der Waals surface area contributed by atoms with Crippen molar-refractivity contribution in [2.75, 3.05) is 0 Å². The zero-order valence-corrected chi connectivity index (χ0v) is 13.4. The van der Waals surface area contributed by atoms with Crippen molar-refractivity contribution in [3.8, 4) is 0 Å². The topological polar surface area (TPSA) is 46.9 Å². The molecule has 0 aliphatic carbocycles. The number of aromatic nitrogens is 2. The molecule has 19 heavy (non-hydrogen) atoms. The molecule has 0 saturated carbocycles. The third-order valence-corrected chi connectivity index (χ3v) is 4.14. The minimum atomic E-state index is -0.0485. The van der Waals surface area contributed by atoms with Crippen LogP contribution in [0.3, 0.4) is 0 Å². The SMILES string of the molecule is Cc1nn(C)c(C)c1CNC(=O)c1ccccc1I. The van der Waals surface area contributed by atoms with Gasteiger partial charge in [-0.15, -0.1) is 0 Å². The van der Waals surface area contributed by atoms with Crippen molar-refractivity contribution in [1.29, 1.82) is 0 Å². The van der Waals surface area contributed by atoms with Crippen molar-refractivity contribution < 1.29 is 4.79 Å². The number of hydrogen-bond acceptors (Lipinski definition) is 2. The average molecular weight is 369 g/mol. The van der Waals surface area contributed by atoms with E-state index in [9.17, 15) is 4.79 Å². The van der Waals surface area contributed by atoms with Gasteiger partial charge in [0.1, 0.15) is 0 Å². The van der Waals surface area contributed by atoms with Gasteiger partial charge in [-0.25, -0.2) is 0 Å². The minimum absolute atomic E-state index is 0.0485. The third kappa shape index (κ3) is 2.97. The van der Waals surface area contributed by atoms with Gasteiger partial charge in [-0.05, 0) is 48.6 Å². The number of carbonyl (C=O) groups excluding carboxylic acids is 1. The van der Waals surface area contributed by atoms with Crippen LogP contribution in [0.1, 0.15) is 27.3 Å². The fourth-order valence-electron chi connectivity index (χ4n) is 1.98. The van der Waals surface area contributed by atoms with Crippen LogP contribution in [-0.2, 0) is 13.6 Å². The maximum Gasteiger partial charge on any atom is 0.252 e. The zero-order chi connectivity index (χ0) is 14.0. The summed E-state index contributed by atoms with van der Waals surface area (Å²) in [4.78, 5) is 12.1. The second-order valence-electron chi connectivity index (χ2n) is 4.44. The van der Waals surface area contributed by atoms with E-state index >= 15 is 0 Å². The van der Waals surface area contributed by atoms with Gasteiger partial charge in [0, 0.05) is 28.4 Å². The second-order valence-corrected chi connectivity index (χ2v) is 5.60. The molecule has 1 aromatic carbocycles. The molecule has 4 nitrogen and oxygen atoms in total. The van der Waals surface area contributed by atoms with E-state index in [-0.39, 0.29) is 5.91 Å². The summed E-state index contributed by atoms with van der Waals surface area (Å²) in [6.45, 7) is 4.48. The van der Waals surface area contributed by atoms with Crippen LogP contribution in [0, 0.1) is 17.4 Å². The maximum atomic E-state index is 12.1. The van der Waals surface area contributed by atoms with Gasteiger partial charge in [0.25, 0.3) is 5.91 Å². The van der Waals surface area contributed by atoms with E-state index in [1.54, 1.807) is 0 Å². The van der Waals surface area contributed by atoms with E-state index in [2.05, 4.69) is 33.0 Å². The first-order valence-corrected chi connectivity index (χ1v) is 7.10. The van der Waals surface area contributed by atoms with Gasteiger partial charge in [-0.1, -0.05) is 12.1 Å². The predicted octanol–water partition coefficient (Wildman–Crippen LogP) is 2.57. The summed E-state index contributed by atoms with van der Waals surface area (Å²) >= 11 is 2.17. The molecule has 0 saturated heterocycles. The average Bonchev–Trinajstić information content (AvgIpc) is 2.61. The number of halogens is 1. The number of benzene rings is 1. The summed E-state index contributed by atoms with van der Waals surface area (Å²) in [6, 6.07) is 7.56. The number of nitrogens with one attached hydrogen (secondary N) is 1. The molecule has 0 radical (unpaired) electrons. The fourth-order valence-corrected chi connectivity index (χ4v) is 2.61. The Morgan fingerprint density at radius 2 is 2.05 bits per heavy atom. The van der Waals surface area contributed by atoms with E-state index in [1.165, 1.54) is 0 Å². The Labute approximate surface area is 126 Å². The first kappa shape index (κ1) is 14.0. The molecule has 5 heteroatoms. The molecule has 0 atom stereocenters. The Kier molecular flexibility index (Phi) is 4.24. The quantitative estimate of drug-likeness (QED) is 0.846. The van der Waals surface area contributed by atoms with E-state index in [0.29, 0.717) is 12.1 Å². The van der Waals surface area contributed by atoms with Gasteiger partial charge in [0.2, 0.25) is 0 Å². The van der Waals surface area contributed by atoms with Crippen molar-refractivity contribution in [2.24, 2.45) is 7.05 Å². The predicted molar refractivity (Wildman–Crippen MR) is 83.0 cm³/mol. The largest absolute Gasteiger partial charge is 0.348 e. The molecule has 0 unspecified atom stereocenters. The Balaban J connectivity index is 2.11. The number of carbonyl (C=O) groups is 1. The molecule has 0 aliphatic heterocycles. The van der Waals surface area contributed by atoms with Crippen LogP contribution in [-0.4, -0.2) is 15.7 Å². The summed E-state index contributed by atoms with van der Waals surface area (Å²) in [6.07, 6.45) is 0. The summed E-state index contributed by atoms with van der Waals surface area (Å²) in [5, 5.41) is 7.30. The summed E-state index contributed by atoms with van der Waals surface area (Å²) in [5.41, 5.74) is 3.84.